The van der Waals surface area contributed by atoms with E-state index in [4.69, 9.17) is 16.2 Å². The lowest BCUT2D eigenvalue weighted by atomic mass is 10.2. The smallest absolute Gasteiger partial charge is 0.250 e. The normalized spacial score (nSPS) is 16.1. The van der Waals surface area contributed by atoms with E-state index < -0.39 is 5.91 Å². The number of rotatable bonds is 2. The van der Waals surface area contributed by atoms with E-state index in [-0.39, 0.29) is 0 Å². The number of carbonyl (C=O) groups is 1. The molecule has 0 unspecified atom stereocenters. The molecule has 0 spiro atoms. The van der Waals surface area contributed by atoms with E-state index in [0.717, 1.165) is 13.1 Å². The predicted octanol–water partition coefficient (Wildman–Crippen LogP) is -0.401. The molecule has 0 saturated carbocycles. The summed E-state index contributed by atoms with van der Waals surface area (Å²) >= 11 is 0. The highest BCUT2D eigenvalue weighted by molar-refractivity contribution is 5.98. The first kappa shape index (κ1) is 10.7. The molecule has 16 heavy (non-hydrogen) atoms. The number of anilines is 2. The number of hydrogen-bond donors (Lipinski definition) is 2. The monoisotopic (exact) mass is 222 g/mol. The van der Waals surface area contributed by atoms with E-state index in [1.54, 1.807) is 6.07 Å². The van der Waals surface area contributed by atoms with E-state index in [2.05, 4.69) is 4.98 Å². The van der Waals surface area contributed by atoms with Gasteiger partial charge in [0.15, 0.2) is 0 Å². The summed E-state index contributed by atoms with van der Waals surface area (Å²) in [6.45, 7) is 2.85. The molecule has 0 bridgehead atoms. The van der Waals surface area contributed by atoms with Gasteiger partial charge in [0.2, 0.25) is 0 Å². The average molecular weight is 222 g/mol. The summed E-state index contributed by atoms with van der Waals surface area (Å²) in [7, 11) is 0. The van der Waals surface area contributed by atoms with Crippen molar-refractivity contribution in [3.05, 3.63) is 17.8 Å². The van der Waals surface area contributed by atoms with Gasteiger partial charge in [-0.1, -0.05) is 0 Å². The van der Waals surface area contributed by atoms with Crippen molar-refractivity contribution in [2.24, 2.45) is 5.73 Å². The molecule has 0 aromatic carbocycles. The predicted molar refractivity (Wildman–Crippen MR) is 60.2 cm³/mol. The molecule has 1 amide bonds. The minimum absolute atomic E-state index is 0.310. The molecule has 1 aliphatic heterocycles. The van der Waals surface area contributed by atoms with Gasteiger partial charge in [0.1, 0.15) is 5.82 Å². The van der Waals surface area contributed by atoms with E-state index in [1.807, 2.05) is 4.90 Å². The van der Waals surface area contributed by atoms with Crippen molar-refractivity contribution >= 4 is 17.4 Å². The molecule has 0 radical (unpaired) electrons. The Hall–Kier alpha value is -1.82. The van der Waals surface area contributed by atoms with Gasteiger partial charge in [0.25, 0.3) is 5.91 Å². The van der Waals surface area contributed by atoms with Crippen LogP contribution in [0.15, 0.2) is 12.3 Å². The number of primary amides is 1. The number of carbonyl (C=O) groups excluding carboxylic acids is 1. The van der Waals surface area contributed by atoms with Crippen LogP contribution in [-0.4, -0.2) is 37.2 Å². The zero-order chi connectivity index (χ0) is 11.5. The third kappa shape index (κ3) is 2.06. The summed E-state index contributed by atoms with van der Waals surface area (Å²) in [5.74, 6) is 0.181. The molecule has 4 N–H and O–H groups in total. The van der Waals surface area contributed by atoms with Gasteiger partial charge in [-0.25, -0.2) is 4.98 Å². The zero-order valence-electron chi connectivity index (χ0n) is 8.85. The number of nitrogen functional groups attached to an aromatic ring is 1. The molecule has 6 heteroatoms. The molecule has 1 fully saturated rings. The van der Waals surface area contributed by atoms with Crippen LogP contribution in [0.2, 0.25) is 0 Å². The van der Waals surface area contributed by atoms with Gasteiger partial charge in [-0.05, 0) is 6.07 Å². The number of aromatic nitrogens is 1. The maximum Gasteiger partial charge on any atom is 0.250 e. The molecular weight excluding hydrogens is 208 g/mol. The second-order valence-electron chi connectivity index (χ2n) is 3.59. The Morgan fingerprint density at radius 3 is 2.75 bits per heavy atom. The van der Waals surface area contributed by atoms with Crippen LogP contribution in [0.1, 0.15) is 10.4 Å². The van der Waals surface area contributed by atoms with Gasteiger partial charge < -0.3 is 21.1 Å². The minimum atomic E-state index is -0.533. The fourth-order valence-corrected chi connectivity index (χ4v) is 1.63. The van der Waals surface area contributed by atoms with E-state index in [1.165, 1.54) is 6.20 Å². The van der Waals surface area contributed by atoms with Crippen molar-refractivity contribution in [1.29, 1.82) is 0 Å². The largest absolute Gasteiger partial charge is 0.397 e. The molecule has 0 aliphatic carbocycles. The molecule has 86 valence electrons. The van der Waals surface area contributed by atoms with Crippen molar-refractivity contribution in [1.82, 2.24) is 4.98 Å². The first-order valence-electron chi connectivity index (χ1n) is 5.06. The molecule has 1 saturated heterocycles. The fourth-order valence-electron chi connectivity index (χ4n) is 1.63. The topological polar surface area (TPSA) is 94.5 Å². The zero-order valence-corrected chi connectivity index (χ0v) is 8.85. The van der Waals surface area contributed by atoms with Gasteiger partial charge in [-0.15, -0.1) is 0 Å². The maximum atomic E-state index is 11.1. The van der Waals surface area contributed by atoms with Gasteiger partial charge in [0, 0.05) is 13.1 Å². The van der Waals surface area contributed by atoms with Crippen LogP contribution in [0.25, 0.3) is 0 Å². The van der Waals surface area contributed by atoms with Crippen molar-refractivity contribution < 1.29 is 9.53 Å². The van der Waals surface area contributed by atoms with E-state index >= 15 is 0 Å². The third-order valence-corrected chi connectivity index (χ3v) is 2.52. The quantitative estimate of drug-likeness (QED) is 0.710. The van der Waals surface area contributed by atoms with Crippen molar-refractivity contribution in [3.63, 3.8) is 0 Å². The summed E-state index contributed by atoms with van der Waals surface area (Å²) in [4.78, 5) is 17.3. The van der Waals surface area contributed by atoms with Gasteiger partial charge in [-0.3, -0.25) is 4.79 Å². The molecule has 2 heterocycles. The Morgan fingerprint density at radius 2 is 2.12 bits per heavy atom. The number of ether oxygens (including phenoxy) is 1. The molecule has 1 aliphatic rings. The summed E-state index contributed by atoms with van der Waals surface area (Å²) in [5.41, 5.74) is 11.5. The molecule has 2 rings (SSSR count). The van der Waals surface area contributed by atoms with Crippen molar-refractivity contribution in [2.75, 3.05) is 36.9 Å². The summed E-state index contributed by atoms with van der Waals surface area (Å²) < 4.78 is 5.24. The number of nitrogens with two attached hydrogens (primary N) is 2. The van der Waals surface area contributed by atoms with Crippen LogP contribution < -0.4 is 16.4 Å². The van der Waals surface area contributed by atoms with Gasteiger partial charge in [-0.2, -0.15) is 0 Å². The van der Waals surface area contributed by atoms with E-state index in [9.17, 15) is 4.79 Å². The highest BCUT2D eigenvalue weighted by Gasteiger charge is 2.15. The Labute approximate surface area is 93.2 Å². The van der Waals surface area contributed by atoms with Crippen LogP contribution >= 0.6 is 0 Å². The van der Waals surface area contributed by atoms with Crippen LogP contribution in [-0.2, 0) is 4.74 Å². The molecule has 1 aromatic rings. The molecule has 0 atom stereocenters. The van der Waals surface area contributed by atoms with Crippen LogP contribution in [0.3, 0.4) is 0 Å². The Morgan fingerprint density at radius 1 is 1.44 bits per heavy atom. The van der Waals surface area contributed by atoms with Gasteiger partial charge >= 0.3 is 0 Å². The summed E-state index contributed by atoms with van der Waals surface area (Å²) in [5, 5.41) is 0. The SMILES string of the molecule is NC(=O)c1cc(N2CCOCC2)ncc1N. The Balaban J connectivity index is 2.27. The molecule has 6 nitrogen and oxygen atoms in total. The van der Waals surface area contributed by atoms with E-state index in [0.29, 0.717) is 30.3 Å². The highest BCUT2D eigenvalue weighted by Crippen LogP contribution is 2.18. The standard InChI is InChI=1S/C10H14N4O2/c11-8-6-13-9(5-7(8)10(12)15)14-1-3-16-4-2-14/h5-6H,1-4,11H2,(H2,12,15). The number of pyridine rings is 1. The van der Waals surface area contributed by atoms with Crippen LogP contribution in [0.5, 0.6) is 0 Å². The Kier molecular flexibility index (Phi) is 2.91. The van der Waals surface area contributed by atoms with Crippen molar-refractivity contribution in [2.45, 2.75) is 0 Å². The number of nitrogens with zero attached hydrogens (tertiary/aromatic N) is 2. The number of amides is 1. The van der Waals surface area contributed by atoms with Crippen LogP contribution in [0.4, 0.5) is 11.5 Å². The second kappa shape index (κ2) is 4.36. The lowest BCUT2D eigenvalue weighted by molar-refractivity contribution is 0.100. The van der Waals surface area contributed by atoms with Gasteiger partial charge in [0.05, 0.1) is 30.7 Å². The Bertz CT molecular complexity index is 402. The summed E-state index contributed by atoms with van der Waals surface area (Å²) in [6.07, 6.45) is 1.46. The minimum Gasteiger partial charge on any atom is -0.397 e. The lowest BCUT2D eigenvalue weighted by Gasteiger charge is -2.28. The summed E-state index contributed by atoms with van der Waals surface area (Å²) in [6, 6.07) is 1.63. The first-order chi connectivity index (χ1) is 7.68. The number of hydrogen-bond acceptors (Lipinski definition) is 5. The van der Waals surface area contributed by atoms with Crippen LogP contribution in [0, 0.1) is 0 Å². The lowest BCUT2D eigenvalue weighted by Crippen LogP contribution is -2.37. The first-order valence-corrected chi connectivity index (χ1v) is 5.06. The highest BCUT2D eigenvalue weighted by atomic mass is 16.5. The second-order valence-corrected chi connectivity index (χ2v) is 3.59. The third-order valence-electron chi connectivity index (χ3n) is 2.52. The fraction of sp³-hybridized carbons (Fsp3) is 0.400. The average Bonchev–Trinajstić information content (AvgIpc) is 2.30. The number of morpholine rings is 1. The maximum absolute atomic E-state index is 11.1. The molecular formula is C10H14N4O2. The molecule has 1 aromatic heterocycles. The van der Waals surface area contributed by atoms with Crippen molar-refractivity contribution in [3.8, 4) is 0 Å².